The Hall–Kier alpha value is -2.20. The van der Waals surface area contributed by atoms with Crippen LogP contribution in [0.3, 0.4) is 0 Å². The second kappa shape index (κ2) is 15.8. The highest BCUT2D eigenvalue weighted by molar-refractivity contribution is 5.82. The Morgan fingerprint density at radius 2 is 1.64 bits per heavy atom. The third-order valence-corrected chi connectivity index (χ3v) is 4.32. The SMILES string of the molecule is C[C@H]1CCC/C=C\CCC(=O)CCC/C=C\C=C/[C@@H](O)C/C=C\C=C/C(=O)O1. The van der Waals surface area contributed by atoms with Gasteiger partial charge in [0.15, 0.2) is 0 Å². The number of esters is 1. The number of hydrogen-bond donors (Lipinski definition) is 1. The van der Waals surface area contributed by atoms with E-state index in [1.807, 2.05) is 31.2 Å². The molecule has 1 heterocycles. The van der Waals surface area contributed by atoms with Gasteiger partial charge in [0, 0.05) is 18.9 Å². The van der Waals surface area contributed by atoms with Crippen molar-refractivity contribution in [1.82, 2.24) is 0 Å². The van der Waals surface area contributed by atoms with Gasteiger partial charge in [0.05, 0.1) is 12.2 Å². The average molecular weight is 387 g/mol. The molecule has 28 heavy (non-hydrogen) atoms. The van der Waals surface area contributed by atoms with Gasteiger partial charge in [-0.1, -0.05) is 54.7 Å². The largest absolute Gasteiger partial charge is 0.460 e. The van der Waals surface area contributed by atoms with E-state index < -0.39 is 6.10 Å². The molecule has 0 saturated heterocycles. The summed E-state index contributed by atoms with van der Waals surface area (Å²) in [5.74, 6) is -0.0508. The number of ketones is 1. The number of aliphatic hydroxyl groups is 1. The number of rotatable bonds is 0. The van der Waals surface area contributed by atoms with Gasteiger partial charge in [-0.3, -0.25) is 4.79 Å². The zero-order valence-electron chi connectivity index (χ0n) is 17.0. The van der Waals surface area contributed by atoms with Gasteiger partial charge in [-0.25, -0.2) is 4.79 Å². The van der Waals surface area contributed by atoms with E-state index in [4.69, 9.17) is 4.74 Å². The molecule has 0 aromatic carbocycles. The van der Waals surface area contributed by atoms with Crippen molar-refractivity contribution in [3.05, 3.63) is 60.8 Å². The molecule has 1 aliphatic rings. The van der Waals surface area contributed by atoms with E-state index in [1.54, 1.807) is 18.2 Å². The highest BCUT2D eigenvalue weighted by Gasteiger charge is 2.05. The van der Waals surface area contributed by atoms with E-state index in [9.17, 15) is 14.7 Å². The van der Waals surface area contributed by atoms with Crippen molar-refractivity contribution in [2.24, 2.45) is 0 Å². The molecule has 0 aromatic rings. The summed E-state index contributed by atoms with van der Waals surface area (Å²) in [5, 5.41) is 9.86. The van der Waals surface area contributed by atoms with Gasteiger partial charge in [-0.05, 0) is 51.9 Å². The van der Waals surface area contributed by atoms with Crippen LogP contribution in [-0.4, -0.2) is 29.1 Å². The number of cyclic esters (lactones) is 1. The minimum absolute atomic E-state index is 0.123. The monoisotopic (exact) mass is 386 g/mol. The fraction of sp³-hybridized carbons (Fsp3) is 0.500. The van der Waals surface area contributed by atoms with Crippen molar-refractivity contribution in [2.45, 2.75) is 76.9 Å². The molecule has 1 aliphatic heterocycles. The van der Waals surface area contributed by atoms with Crippen molar-refractivity contribution in [1.29, 1.82) is 0 Å². The van der Waals surface area contributed by atoms with E-state index in [0.29, 0.717) is 25.0 Å². The molecule has 0 spiro atoms. The zero-order chi connectivity index (χ0) is 20.5. The molecule has 154 valence electrons. The standard InChI is InChI=1S/C24H34O4/c1-21-15-9-4-2-5-10-16-22(25)17-11-6-3-7-12-18-23(26)19-13-8-14-20-24(27)28-21/h2-3,5,7-8,12-14,18,20-21,23,26H,4,6,9-11,15-17,19H2,1H3/b5-2-,7-3-,13-8-,18-12-,20-14-/t21-,23+/m0/s1. The molecule has 4 heteroatoms. The lowest BCUT2D eigenvalue weighted by Crippen LogP contribution is -2.12. The lowest BCUT2D eigenvalue weighted by Gasteiger charge is -2.10. The van der Waals surface area contributed by atoms with Crippen LogP contribution in [0.5, 0.6) is 0 Å². The summed E-state index contributed by atoms with van der Waals surface area (Å²) in [6.45, 7) is 1.89. The van der Waals surface area contributed by atoms with Crippen molar-refractivity contribution in [2.75, 3.05) is 0 Å². The third kappa shape index (κ3) is 13.9. The summed E-state index contributed by atoms with van der Waals surface area (Å²) in [7, 11) is 0. The maximum absolute atomic E-state index is 11.8. The summed E-state index contributed by atoms with van der Waals surface area (Å²) < 4.78 is 5.33. The van der Waals surface area contributed by atoms with Gasteiger partial charge in [0.1, 0.15) is 5.78 Å². The van der Waals surface area contributed by atoms with Crippen LogP contribution in [0.25, 0.3) is 0 Å². The quantitative estimate of drug-likeness (QED) is 0.462. The van der Waals surface area contributed by atoms with Crippen molar-refractivity contribution < 1.29 is 19.4 Å². The van der Waals surface area contributed by atoms with Crippen LogP contribution in [0.15, 0.2) is 60.8 Å². The Morgan fingerprint density at radius 3 is 2.50 bits per heavy atom. The van der Waals surface area contributed by atoms with Crippen LogP contribution in [0, 0.1) is 0 Å². The Bertz CT molecular complexity index is 596. The Labute approximate surface area is 169 Å². The van der Waals surface area contributed by atoms with E-state index in [-0.39, 0.29) is 12.1 Å². The highest BCUT2D eigenvalue weighted by atomic mass is 16.5. The predicted octanol–water partition coefficient (Wildman–Crippen LogP) is 5.15. The molecule has 1 N–H and O–H groups in total. The van der Waals surface area contributed by atoms with Crippen LogP contribution in [-0.2, 0) is 14.3 Å². The molecule has 0 radical (unpaired) electrons. The molecule has 0 amide bonds. The lowest BCUT2D eigenvalue weighted by atomic mass is 10.1. The molecule has 4 nitrogen and oxygen atoms in total. The molecule has 0 fully saturated rings. The van der Waals surface area contributed by atoms with Crippen molar-refractivity contribution >= 4 is 11.8 Å². The first-order valence-corrected chi connectivity index (χ1v) is 10.3. The molecule has 0 aromatic heterocycles. The summed E-state index contributed by atoms with van der Waals surface area (Å²) >= 11 is 0. The van der Waals surface area contributed by atoms with Gasteiger partial charge in [-0.15, -0.1) is 0 Å². The number of ether oxygens (including phenoxy) is 1. The number of carbonyl (C=O) groups excluding carboxylic acids is 2. The van der Waals surface area contributed by atoms with Crippen LogP contribution in [0.4, 0.5) is 0 Å². The average Bonchev–Trinajstić information content (AvgIpc) is 2.65. The number of aliphatic hydroxyl groups excluding tert-OH is 1. The van der Waals surface area contributed by atoms with E-state index in [1.165, 1.54) is 6.08 Å². The lowest BCUT2D eigenvalue weighted by molar-refractivity contribution is -0.142. The van der Waals surface area contributed by atoms with E-state index >= 15 is 0 Å². The summed E-state index contributed by atoms with van der Waals surface area (Å²) in [6, 6.07) is 0. The zero-order valence-corrected chi connectivity index (χ0v) is 17.0. The van der Waals surface area contributed by atoms with E-state index in [0.717, 1.165) is 38.5 Å². The first-order valence-electron chi connectivity index (χ1n) is 10.3. The number of carbonyl (C=O) groups is 2. The summed E-state index contributed by atoms with van der Waals surface area (Å²) in [4.78, 5) is 23.6. The van der Waals surface area contributed by atoms with Crippen LogP contribution < -0.4 is 0 Å². The molecular weight excluding hydrogens is 352 g/mol. The number of allylic oxidation sites excluding steroid dienone is 7. The highest BCUT2D eigenvalue weighted by Crippen LogP contribution is 2.08. The first kappa shape index (κ1) is 23.8. The predicted molar refractivity (Wildman–Crippen MR) is 114 cm³/mol. The molecule has 0 unspecified atom stereocenters. The third-order valence-electron chi connectivity index (χ3n) is 4.32. The fourth-order valence-corrected chi connectivity index (χ4v) is 2.72. The molecule has 0 saturated carbocycles. The van der Waals surface area contributed by atoms with Gasteiger partial charge >= 0.3 is 5.97 Å². The first-order chi connectivity index (χ1) is 13.6. The van der Waals surface area contributed by atoms with Crippen molar-refractivity contribution in [3.8, 4) is 0 Å². The van der Waals surface area contributed by atoms with Gasteiger partial charge < -0.3 is 9.84 Å². The molecular formula is C24H34O4. The molecule has 2 atom stereocenters. The summed E-state index contributed by atoms with van der Waals surface area (Å²) in [5.41, 5.74) is 0. The number of Topliss-reactive ketones (excluding diaryl/α,β-unsaturated/α-hetero) is 1. The molecule has 0 aliphatic carbocycles. The van der Waals surface area contributed by atoms with Gasteiger partial charge in [0.2, 0.25) is 0 Å². The number of hydrogen-bond acceptors (Lipinski definition) is 4. The molecule has 0 bridgehead atoms. The molecule has 1 rings (SSSR count). The van der Waals surface area contributed by atoms with Crippen LogP contribution >= 0.6 is 0 Å². The maximum Gasteiger partial charge on any atom is 0.331 e. The second-order valence-corrected chi connectivity index (χ2v) is 7.02. The van der Waals surface area contributed by atoms with Gasteiger partial charge in [-0.2, -0.15) is 0 Å². The van der Waals surface area contributed by atoms with Crippen LogP contribution in [0.1, 0.15) is 64.7 Å². The van der Waals surface area contributed by atoms with Crippen molar-refractivity contribution in [3.63, 3.8) is 0 Å². The minimum atomic E-state index is -0.568. The van der Waals surface area contributed by atoms with Gasteiger partial charge in [0.25, 0.3) is 0 Å². The van der Waals surface area contributed by atoms with Crippen LogP contribution in [0.2, 0.25) is 0 Å². The Balaban J connectivity index is 2.55. The van der Waals surface area contributed by atoms with E-state index in [2.05, 4.69) is 12.2 Å². The maximum atomic E-state index is 11.8. The Morgan fingerprint density at radius 1 is 0.893 bits per heavy atom. The normalized spacial score (nSPS) is 30.4. The summed E-state index contributed by atoms with van der Waals surface area (Å²) in [6.07, 6.45) is 24.4. The minimum Gasteiger partial charge on any atom is -0.460 e. The Kier molecular flexibility index (Phi) is 13.5. The second-order valence-electron chi connectivity index (χ2n) is 7.02. The smallest absolute Gasteiger partial charge is 0.331 e. The topological polar surface area (TPSA) is 63.6 Å². The fourth-order valence-electron chi connectivity index (χ4n) is 2.72.